The third-order valence-electron chi connectivity index (χ3n) is 5.27. The summed E-state index contributed by atoms with van der Waals surface area (Å²) in [5.74, 6) is 0.754. The van der Waals surface area contributed by atoms with E-state index >= 15 is 0 Å². The van der Waals surface area contributed by atoms with Gasteiger partial charge >= 0.3 is 0 Å². The maximum absolute atomic E-state index is 5.98. The largest absolute Gasteiger partial charge is 0.350 e. The smallest absolute Gasteiger partial charge is 0.212 e. The molecule has 2 aromatic rings. The first-order valence-electron chi connectivity index (χ1n) is 10.2. The molecule has 0 bridgehead atoms. The Morgan fingerprint density at radius 1 is 0.900 bits per heavy atom. The molecule has 1 saturated carbocycles. The highest BCUT2D eigenvalue weighted by Crippen LogP contribution is 2.24. The Kier molecular flexibility index (Phi) is 6.88. The van der Waals surface area contributed by atoms with Gasteiger partial charge in [0.05, 0.1) is 17.8 Å². The van der Waals surface area contributed by atoms with Crippen LogP contribution in [-0.2, 0) is 0 Å². The summed E-state index contributed by atoms with van der Waals surface area (Å²) in [6, 6.07) is 16.2. The van der Waals surface area contributed by atoms with Gasteiger partial charge in [0.2, 0.25) is 5.96 Å². The zero-order valence-corrected chi connectivity index (χ0v) is 18.1. The van der Waals surface area contributed by atoms with Gasteiger partial charge in [0.15, 0.2) is 0 Å². The SMILES string of the molecule is Clc1ccc(C=CC(C=Cc2ccc(Cl)cc2)=NNC2=NC3CCCCC3N2)cc1. The van der Waals surface area contributed by atoms with E-state index in [2.05, 4.69) is 15.8 Å². The van der Waals surface area contributed by atoms with Crippen molar-refractivity contribution in [2.75, 3.05) is 0 Å². The number of hydrogen-bond acceptors (Lipinski definition) is 4. The lowest BCUT2D eigenvalue weighted by molar-refractivity contribution is 0.384. The molecular weight excluding hydrogens is 415 g/mol. The number of benzene rings is 2. The third-order valence-corrected chi connectivity index (χ3v) is 5.77. The number of fused-ring (bicyclic) bond motifs is 1. The molecule has 2 aromatic carbocycles. The minimum atomic E-state index is 0.370. The molecule has 30 heavy (non-hydrogen) atoms. The van der Waals surface area contributed by atoms with Crippen LogP contribution >= 0.6 is 23.2 Å². The zero-order valence-electron chi connectivity index (χ0n) is 16.6. The highest BCUT2D eigenvalue weighted by molar-refractivity contribution is 6.30. The molecule has 1 aliphatic heterocycles. The second-order valence-corrected chi connectivity index (χ2v) is 8.37. The summed E-state index contributed by atoms with van der Waals surface area (Å²) in [6.45, 7) is 0. The fraction of sp³-hybridized carbons (Fsp3) is 0.250. The van der Waals surface area contributed by atoms with Crippen molar-refractivity contribution in [2.45, 2.75) is 37.8 Å². The Labute approximate surface area is 187 Å². The lowest BCUT2D eigenvalue weighted by Gasteiger charge is -2.22. The number of halogens is 2. The summed E-state index contributed by atoms with van der Waals surface area (Å²) in [6.07, 6.45) is 12.8. The Hall–Kier alpha value is -2.56. The second kappa shape index (κ2) is 9.96. The van der Waals surface area contributed by atoms with Crippen LogP contribution in [0.25, 0.3) is 12.2 Å². The van der Waals surface area contributed by atoms with Crippen molar-refractivity contribution in [2.24, 2.45) is 10.1 Å². The van der Waals surface area contributed by atoms with Gasteiger partial charge in [0.1, 0.15) is 0 Å². The van der Waals surface area contributed by atoms with E-state index in [1.165, 1.54) is 19.3 Å². The Morgan fingerprint density at radius 3 is 2.03 bits per heavy atom. The maximum atomic E-state index is 5.98. The highest BCUT2D eigenvalue weighted by atomic mass is 35.5. The lowest BCUT2D eigenvalue weighted by atomic mass is 9.92. The quantitative estimate of drug-likeness (QED) is 0.448. The number of hydrazone groups is 1. The van der Waals surface area contributed by atoms with Gasteiger partial charge in [-0.3, -0.25) is 0 Å². The third kappa shape index (κ3) is 5.74. The molecule has 0 radical (unpaired) electrons. The minimum absolute atomic E-state index is 0.370. The van der Waals surface area contributed by atoms with Crippen LogP contribution in [0.4, 0.5) is 0 Å². The molecule has 2 unspecified atom stereocenters. The van der Waals surface area contributed by atoms with Gasteiger partial charge in [0.25, 0.3) is 0 Å². The Bertz CT molecular complexity index is 918. The van der Waals surface area contributed by atoms with Gasteiger partial charge < -0.3 is 5.32 Å². The zero-order chi connectivity index (χ0) is 20.8. The van der Waals surface area contributed by atoms with Gasteiger partial charge in [0, 0.05) is 10.0 Å². The monoisotopic (exact) mass is 438 g/mol. The molecule has 2 aliphatic rings. The molecule has 4 nitrogen and oxygen atoms in total. The number of allylic oxidation sites excluding steroid dienone is 2. The van der Waals surface area contributed by atoms with Crippen LogP contribution in [-0.4, -0.2) is 23.8 Å². The average molecular weight is 439 g/mol. The Balaban J connectivity index is 1.50. The van der Waals surface area contributed by atoms with Crippen LogP contribution in [0.5, 0.6) is 0 Å². The van der Waals surface area contributed by atoms with Gasteiger partial charge in [-0.15, -0.1) is 0 Å². The van der Waals surface area contributed by atoms with E-state index in [4.69, 9.17) is 28.2 Å². The van der Waals surface area contributed by atoms with E-state index in [0.29, 0.717) is 12.1 Å². The number of nitrogens with zero attached hydrogens (tertiary/aromatic N) is 2. The molecule has 0 amide bonds. The number of rotatable bonds is 5. The van der Waals surface area contributed by atoms with Crippen LogP contribution in [0.3, 0.4) is 0 Å². The fourth-order valence-electron chi connectivity index (χ4n) is 3.63. The van der Waals surface area contributed by atoms with Crippen LogP contribution < -0.4 is 10.7 Å². The molecule has 2 atom stereocenters. The van der Waals surface area contributed by atoms with E-state index < -0.39 is 0 Å². The van der Waals surface area contributed by atoms with Crippen LogP contribution in [0.2, 0.25) is 10.0 Å². The van der Waals surface area contributed by atoms with Gasteiger partial charge in [-0.05, 0) is 60.4 Å². The van der Waals surface area contributed by atoms with Crippen LogP contribution in [0.15, 0.2) is 70.8 Å². The summed E-state index contributed by atoms with van der Waals surface area (Å²) in [4.78, 5) is 4.75. The molecule has 1 fully saturated rings. The maximum Gasteiger partial charge on any atom is 0.212 e. The fourth-order valence-corrected chi connectivity index (χ4v) is 3.88. The molecule has 4 rings (SSSR count). The van der Waals surface area contributed by atoms with E-state index in [1.54, 1.807) is 0 Å². The highest BCUT2D eigenvalue weighted by Gasteiger charge is 2.30. The van der Waals surface area contributed by atoms with Crippen molar-refractivity contribution in [3.8, 4) is 0 Å². The second-order valence-electron chi connectivity index (χ2n) is 7.50. The molecule has 2 N–H and O–H groups in total. The predicted molar refractivity (Wildman–Crippen MR) is 128 cm³/mol. The van der Waals surface area contributed by atoms with Gasteiger partial charge in [-0.1, -0.05) is 72.5 Å². The topological polar surface area (TPSA) is 48.8 Å². The van der Waals surface area contributed by atoms with Crippen molar-refractivity contribution in [1.82, 2.24) is 10.7 Å². The molecular formula is C24H24Cl2N4. The normalized spacial score (nSPS) is 20.7. The Morgan fingerprint density at radius 2 is 1.47 bits per heavy atom. The number of hydrogen-bond donors (Lipinski definition) is 2. The van der Waals surface area contributed by atoms with Crippen molar-refractivity contribution in [1.29, 1.82) is 0 Å². The van der Waals surface area contributed by atoms with Gasteiger partial charge in [-0.25, -0.2) is 10.4 Å². The molecule has 0 aromatic heterocycles. The summed E-state index contributed by atoms with van der Waals surface area (Å²) in [7, 11) is 0. The molecule has 1 aliphatic carbocycles. The first-order valence-corrected chi connectivity index (χ1v) is 11.0. The summed E-state index contributed by atoms with van der Waals surface area (Å²) in [5, 5.41) is 9.48. The van der Waals surface area contributed by atoms with Crippen molar-refractivity contribution >= 4 is 47.0 Å². The molecule has 6 heteroatoms. The van der Waals surface area contributed by atoms with E-state index in [0.717, 1.165) is 39.3 Å². The van der Waals surface area contributed by atoms with Gasteiger partial charge in [-0.2, -0.15) is 5.10 Å². The average Bonchev–Trinajstić information content (AvgIpc) is 3.18. The van der Waals surface area contributed by atoms with E-state index in [9.17, 15) is 0 Å². The summed E-state index contributed by atoms with van der Waals surface area (Å²) < 4.78 is 0. The lowest BCUT2D eigenvalue weighted by Crippen LogP contribution is -2.40. The minimum Gasteiger partial charge on any atom is -0.350 e. The van der Waals surface area contributed by atoms with Crippen molar-refractivity contribution in [3.05, 3.63) is 81.9 Å². The number of guanidine groups is 1. The van der Waals surface area contributed by atoms with Crippen molar-refractivity contribution in [3.63, 3.8) is 0 Å². The van der Waals surface area contributed by atoms with E-state index in [-0.39, 0.29) is 0 Å². The molecule has 1 heterocycles. The summed E-state index contributed by atoms with van der Waals surface area (Å²) in [5.41, 5.74) is 5.99. The van der Waals surface area contributed by atoms with Crippen LogP contribution in [0, 0.1) is 0 Å². The standard InChI is InChI=1S/C24H24Cl2N4/c25-19-11-5-17(6-12-19)9-15-21(16-10-18-7-13-20(26)14-8-18)29-30-24-27-22-3-1-2-4-23(22)28-24/h5-16,22-23H,1-4H2,(H2,27,28,30). The van der Waals surface area contributed by atoms with Crippen molar-refractivity contribution < 1.29 is 0 Å². The predicted octanol–water partition coefficient (Wildman–Crippen LogP) is 5.94. The summed E-state index contributed by atoms with van der Waals surface area (Å²) >= 11 is 12.0. The van der Waals surface area contributed by atoms with Crippen LogP contribution in [0.1, 0.15) is 36.8 Å². The molecule has 0 spiro atoms. The molecule has 154 valence electrons. The number of aliphatic imine (C=N–C) groups is 1. The number of nitrogens with one attached hydrogen (secondary N) is 2. The van der Waals surface area contributed by atoms with E-state index in [1.807, 2.05) is 72.8 Å². The first-order chi connectivity index (χ1) is 14.7. The first kappa shape index (κ1) is 20.7. The molecule has 0 saturated heterocycles.